The van der Waals surface area contributed by atoms with E-state index in [-0.39, 0.29) is 5.91 Å². The molecule has 1 aliphatic carbocycles. The zero-order valence-electron chi connectivity index (χ0n) is 11.5. The summed E-state index contributed by atoms with van der Waals surface area (Å²) >= 11 is 0. The second kappa shape index (κ2) is 6.36. The van der Waals surface area contributed by atoms with Crippen LogP contribution in [-0.4, -0.2) is 42.5 Å². The molecular formula is C13H27N3O. The van der Waals surface area contributed by atoms with E-state index in [2.05, 4.69) is 31.0 Å². The summed E-state index contributed by atoms with van der Waals surface area (Å²) in [5.74, 6) is 0.421. The fraction of sp³-hybridized carbons (Fsp3) is 0.923. The minimum Gasteiger partial charge on any atom is -0.368 e. The Morgan fingerprint density at radius 3 is 2.53 bits per heavy atom. The normalized spacial score (nSPS) is 28.8. The SMILES string of the molecule is CCN(CC)CCNC1(C(N)=O)CCC(C)C1. The van der Waals surface area contributed by atoms with Gasteiger partial charge in [-0.3, -0.25) is 4.79 Å². The van der Waals surface area contributed by atoms with Crippen LogP contribution in [0.25, 0.3) is 0 Å². The highest BCUT2D eigenvalue weighted by Gasteiger charge is 2.41. The Balaban J connectivity index is 2.44. The van der Waals surface area contributed by atoms with Gasteiger partial charge < -0.3 is 16.0 Å². The van der Waals surface area contributed by atoms with E-state index >= 15 is 0 Å². The van der Waals surface area contributed by atoms with Crippen LogP contribution in [0.4, 0.5) is 0 Å². The van der Waals surface area contributed by atoms with Crippen molar-refractivity contribution in [3.63, 3.8) is 0 Å². The molecule has 0 aromatic carbocycles. The Morgan fingerprint density at radius 1 is 1.47 bits per heavy atom. The maximum Gasteiger partial charge on any atom is 0.237 e. The lowest BCUT2D eigenvalue weighted by atomic mass is 9.95. The lowest BCUT2D eigenvalue weighted by Gasteiger charge is -2.29. The molecular weight excluding hydrogens is 214 g/mol. The maximum atomic E-state index is 11.6. The lowest BCUT2D eigenvalue weighted by molar-refractivity contribution is -0.124. The van der Waals surface area contributed by atoms with Crippen molar-refractivity contribution in [2.24, 2.45) is 11.7 Å². The summed E-state index contributed by atoms with van der Waals surface area (Å²) in [5, 5.41) is 3.41. The molecule has 1 rings (SSSR count). The number of likely N-dealkylation sites (N-methyl/N-ethyl adjacent to an activating group) is 1. The lowest BCUT2D eigenvalue weighted by Crippen LogP contribution is -2.55. The number of nitrogens with one attached hydrogen (secondary N) is 1. The van der Waals surface area contributed by atoms with Crippen LogP contribution < -0.4 is 11.1 Å². The Kier molecular flexibility index (Phi) is 5.40. The van der Waals surface area contributed by atoms with Crippen LogP contribution in [0.2, 0.25) is 0 Å². The zero-order chi connectivity index (χ0) is 12.9. The van der Waals surface area contributed by atoms with Gasteiger partial charge in [0.1, 0.15) is 0 Å². The van der Waals surface area contributed by atoms with Gasteiger partial charge in [-0.15, -0.1) is 0 Å². The summed E-state index contributed by atoms with van der Waals surface area (Å²) < 4.78 is 0. The van der Waals surface area contributed by atoms with Crippen LogP contribution in [0.5, 0.6) is 0 Å². The average Bonchev–Trinajstić information content (AvgIpc) is 2.68. The molecule has 0 aromatic rings. The fourth-order valence-corrected chi connectivity index (χ4v) is 2.76. The highest BCUT2D eigenvalue weighted by atomic mass is 16.1. The first-order valence-corrected chi connectivity index (χ1v) is 6.81. The number of hydrogen-bond donors (Lipinski definition) is 2. The van der Waals surface area contributed by atoms with Crippen molar-refractivity contribution in [3.05, 3.63) is 0 Å². The minimum absolute atomic E-state index is 0.179. The van der Waals surface area contributed by atoms with Gasteiger partial charge in [-0.1, -0.05) is 20.8 Å². The number of rotatable bonds is 7. The number of carbonyl (C=O) groups excluding carboxylic acids is 1. The van der Waals surface area contributed by atoms with Crippen molar-refractivity contribution in [1.29, 1.82) is 0 Å². The second-order valence-corrected chi connectivity index (χ2v) is 5.25. The van der Waals surface area contributed by atoms with Crippen molar-refractivity contribution in [1.82, 2.24) is 10.2 Å². The average molecular weight is 241 g/mol. The highest BCUT2D eigenvalue weighted by Crippen LogP contribution is 2.33. The van der Waals surface area contributed by atoms with Gasteiger partial charge in [-0.2, -0.15) is 0 Å². The number of primary amides is 1. The Hall–Kier alpha value is -0.610. The first kappa shape index (κ1) is 14.5. The number of nitrogens with two attached hydrogens (primary N) is 1. The molecule has 0 spiro atoms. The molecule has 0 bridgehead atoms. The summed E-state index contributed by atoms with van der Waals surface area (Å²) in [7, 11) is 0. The van der Waals surface area contributed by atoms with Crippen LogP contribution in [0, 0.1) is 5.92 Å². The number of carbonyl (C=O) groups is 1. The van der Waals surface area contributed by atoms with Crippen LogP contribution in [0.3, 0.4) is 0 Å². The molecule has 100 valence electrons. The van der Waals surface area contributed by atoms with E-state index in [0.717, 1.165) is 45.4 Å². The molecule has 3 N–H and O–H groups in total. The van der Waals surface area contributed by atoms with Gasteiger partial charge in [0, 0.05) is 13.1 Å². The molecule has 2 atom stereocenters. The van der Waals surface area contributed by atoms with E-state index in [1.165, 1.54) is 0 Å². The maximum absolute atomic E-state index is 11.6. The Morgan fingerprint density at radius 2 is 2.12 bits per heavy atom. The van der Waals surface area contributed by atoms with Crippen LogP contribution in [0.1, 0.15) is 40.0 Å². The van der Waals surface area contributed by atoms with Gasteiger partial charge in [-0.05, 0) is 38.3 Å². The van der Waals surface area contributed by atoms with Crippen molar-refractivity contribution >= 4 is 5.91 Å². The van der Waals surface area contributed by atoms with Crippen molar-refractivity contribution in [2.75, 3.05) is 26.2 Å². The predicted octanol–water partition coefficient (Wildman–Crippen LogP) is 0.962. The summed E-state index contributed by atoms with van der Waals surface area (Å²) in [5.41, 5.74) is 5.12. The first-order valence-electron chi connectivity index (χ1n) is 6.81. The molecule has 0 aromatic heterocycles. The van der Waals surface area contributed by atoms with Gasteiger partial charge in [0.25, 0.3) is 0 Å². The molecule has 0 aliphatic heterocycles. The number of hydrogen-bond acceptors (Lipinski definition) is 3. The third-order valence-corrected chi connectivity index (χ3v) is 4.02. The number of amides is 1. The van der Waals surface area contributed by atoms with E-state index in [0.29, 0.717) is 5.92 Å². The van der Waals surface area contributed by atoms with Crippen LogP contribution in [-0.2, 0) is 4.79 Å². The van der Waals surface area contributed by atoms with E-state index < -0.39 is 5.54 Å². The van der Waals surface area contributed by atoms with E-state index in [1.54, 1.807) is 0 Å². The molecule has 1 saturated carbocycles. The third kappa shape index (κ3) is 3.68. The number of nitrogens with zero attached hydrogens (tertiary/aromatic N) is 1. The summed E-state index contributed by atoms with van der Waals surface area (Å²) in [6.45, 7) is 10.4. The second-order valence-electron chi connectivity index (χ2n) is 5.25. The summed E-state index contributed by atoms with van der Waals surface area (Å²) in [6.07, 6.45) is 2.88. The molecule has 1 fully saturated rings. The van der Waals surface area contributed by atoms with E-state index in [9.17, 15) is 4.79 Å². The van der Waals surface area contributed by atoms with Crippen LogP contribution >= 0.6 is 0 Å². The van der Waals surface area contributed by atoms with Gasteiger partial charge in [-0.25, -0.2) is 0 Å². The van der Waals surface area contributed by atoms with Gasteiger partial charge in [0.15, 0.2) is 0 Å². The van der Waals surface area contributed by atoms with Gasteiger partial charge in [0.2, 0.25) is 5.91 Å². The van der Waals surface area contributed by atoms with Gasteiger partial charge in [0.05, 0.1) is 5.54 Å². The first-order chi connectivity index (χ1) is 8.04. The molecule has 1 amide bonds. The van der Waals surface area contributed by atoms with Crippen molar-refractivity contribution in [3.8, 4) is 0 Å². The third-order valence-electron chi connectivity index (χ3n) is 4.02. The van der Waals surface area contributed by atoms with Crippen molar-refractivity contribution < 1.29 is 4.79 Å². The Labute approximate surface area is 105 Å². The van der Waals surface area contributed by atoms with E-state index in [4.69, 9.17) is 5.73 Å². The molecule has 0 radical (unpaired) electrons. The molecule has 4 heteroatoms. The fourth-order valence-electron chi connectivity index (χ4n) is 2.76. The minimum atomic E-state index is -0.438. The molecule has 0 saturated heterocycles. The largest absolute Gasteiger partial charge is 0.368 e. The highest BCUT2D eigenvalue weighted by molar-refractivity contribution is 5.85. The molecule has 0 heterocycles. The van der Waals surface area contributed by atoms with Crippen molar-refractivity contribution in [2.45, 2.75) is 45.6 Å². The van der Waals surface area contributed by atoms with E-state index in [1.807, 2.05) is 0 Å². The summed E-state index contributed by atoms with van der Waals surface area (Å²) in [6, 6.07) is 0. The monoisotopic (exact) mass is 241 g/mol. The predicted molar refractivity (Wildman–Crippen MR) is 70.7 cm³/mol. The quantitative estimate of drug-likeness (QED) is 0.698. The smallest absolute Gasteiger partial charge is 0.237 e. The van der Waals surface area contributed by atoms with Crippen LogP contribution in [0.15, 0.2) is 0 Å². The summed E-state index contributed by atoms with van der Waals surface area (Å²) in [4.78, 5) is 14.0. The standard InChI is InChI=1S/C13H27N3O/c1-4-16(5-2)9-8-15-13(12(14)17)7-6-11(3)10-13/h11,15H,4-10H2,1-3H3,(H2,14,17). The Bertz CT molecular complexity index is 253. The molecule has 17 heavy (non-hydrogen) atoms. The zero-order valence-corrected chi connectivity index (χ0v) is 11.5. The molecule has 4 nitrogen and oxygen atoms in total. The topological polar surface area (TPSA) is 58.4 Å². The molecule has 1 aliphatic rings. The van der Waals surface area contributed by atoms with Gasteiger partial charge >= 0.3 is 0 Å². The molecule has 2 unspecified atom stereocenters.